The molecule has 8 heteroatoms. The molecule has 0 spiro atoms. The molecule has 1 amide bonds. The molecule has 0 aliphatic heterocycles. The molecule has 0 bridgehead atoms. The van der Waals surface area contributed by atoms with E-state index in [4.69, 9.17) is 5.26 Å². The first kappa shape index (κ1) is 14.4. The van der Waals surface area contributed by atoms with Gasteiger partial charge in [-0.1, -0.05) is 12.8 Å². The van der Waals surface area contributed by atoms with E-state index in [2.05, 4.69) is 15.5 Å². The fourth-order valence-corrected chi connectivity index (χ4v) is 2.49. The highest BCUT2D eigenvalue weighted by molar-refractivity contribution is 5.94. The molecule has 108 valence electrons. The highest BCUT2D eigenvalue weighted by atomic mass is 19.4. The Bertz CT molecular complexity index is 538. The van der Waals surface area contributed by atoms with Crippen molar-refractivity contribution < 1.29 is 18.0 Å². The van der Waals surface area contributed by atoms with Crippen molar-refractivity contribution in [2.24, 2.45) is 5.41 Å². The average Bonchev–Trinajstić information content (AvgIpc) is 3.04. The number of aromatic amines is 1. The lowest BCUT2D eigenvalue weighted by Crippen LogP contribution is -2.45. The Morgan fingerprint density at radius 2 is 2.15 bits per heavy atom. The second kappa shape index (κ2) is 5.15. The molecule has 2 rings (SSSR count). The quantitative estimate of drug-likeness (QED) is 0.893. The van der Waals surface area contributed by atoms with Crippen LogP contribution in [0.3, 0.4) is 0 Å². The number of carbonyl (C=O) groups excluding carboxylic acids is 1. The summed E-state index contributed by atoms with van der Waals surface area (Å²) < 4.78 is 39.4. The average molecular weight is 286 g/mol. The molecule has 0 aromatic carbocycles. The molecule has 20 heavy (non-hydrogen) atoms. The first-order valence-electron chi connectivity index (χ1n) is 6.18. The van der Waals surface area contributed by atoms with Gasteiger partial charge in [-0.2, -0.15) is 23.5 Å². The number of aromatic nitrogens is 2. The van der Waals surface area contributed by atoms with Crippen LogP contribution in [0.4, 0.5) is 13.2 Å². The van der Waals surface area contributed by atoms with Gasteiger partial charge in [0.1, 0.15) is 17.3 Å². The fourth-order valence-electron chi connectivity index (χ4n) is 2.49. The van der Waals surface area contributed by atoms with E-state index < -0.39 is 24.0 Å². The molecule has 1 aliphatic rings. The zero-order chi connectivity index (χ0) is 14.8. The fraction of sp³-hybridized carbons (Fsp3) is 0.583. The Balaban J connectivity index is 2.08. The predicted octanol–water partition coefficient (Wildman–Crippen LogP) is 2.13. The van der Waals surface area contributed by atoms with Crippen LogP contribution in [0.2, 0.25) is 0 Å². The maximum absolute atomic E-state index is 13.1. The lowest BCUT2D eigenvalue weighted by molar-refractivity contribution is -0.219. The molecule has 1 aliphatic carbocycles. The van der Waals surface area contributed by atoms with E-state index in [9.17, 15) is 18.0 Å². The minimum Gasteiger partial charge on any atom is -0.350 e. The Hall–Kier alpha value is -2.04. The van der Waals surface area contributed by atoms with Crippen LogP contribution in [0.5, 0.6) is 0 Å². The summed E-state index contributed by atoms with van der Waals surface area (Å²) in [5, 5.41) is 16.9. The monoisotopic (exact) mass is 286 g/mol. The standard InChI is InChI=1S/C12H13F3N4O/c13-12(14,15)11(3-1-2-4-11)7-17-10(20)9-8(5-16)6-18-19-9/h6H,1-4,7H2,(H,17,20)(H,18,19). The van der Waals surface area contributed by atoms with E-state index in [-0.39, 0.29) is 24.1 Å². The topological polar surface area (TPSA) is 81.6 Å². The summed E-state index contributed by atoms with van der Waals surface area (Å²) in [5.74, 6) is -0.741. The summed E-state index contributed by atoms with van der Waals surface area (Å²) in [6.45, 7) is -0.473. The van der Waals surface area contributed by atoms with Gasteiger partial charge < -0.3 is 5.32 Å². The van der Waals surface area contributed by atoms with Gasteiger partial charge in [-0.05, 0) is 12.8 Å². The van der Waals surface area contributed by atoms with Gasteiger partial charge >= 0.3 is 6.18 Å². The Labute approximate surface area is 113 Å². The molecule has 1 aromatic rings. The summed E-state index contributed by atoms with van der Waals surface area (Å²) in [6, 6.07) is 1.75. The normalized spacial score (nSPS) is 17.7. The summed E-state index contributed by atoms with van der Waals surface area (Å²) in [6.07, 6.45) is -2.14. The van der Waals surface area contributed by atoms with Crippen LogP contribution < -0.4 is 5.32 Å². The molecule has 0 atom stereocenters. The van der Waals surface area contributed by atoms with Crippen LogP contribution in [-0.2, 0) is 0 Å². The van der Waals surface area contributed by atoms with Gasteiger partial charge in [0.05, 0.1) is 11.6 Å². The van der Waals surface area contributed by atoms with Crippen molar-refractivity contribution in [3.8, 4) is 6.07 Å². The summed E-state index contributed by atoms with van der Waals surface area (Å²) in [7, 11) is 0. The number of nitrogens with one attached hydrogen (secondary N) is 2. The van der Waals surface area contributed by atoms with Crippen molar-refractivity contribution in [1.82, 2.24) is 15.5 Å². The predicted molar refractivity (Wildman–Crippen MR) is 62.6 cm³/mol. The van der Waals surface area contributed by atoms with Gasteiger partial charge in [0.2, 0.25) is 0 Å². The minimum absolute atomic E-state index is 0.00924. The maximum Gasteiger partial charge on any atom is 0.396 e. The Morgan fingerprint density at radius 1 is 1.50 bits per heavy atom. The van der Waals surface area contributed by atoms with Crippen molar-refractivity contribution in [1.29, 1.82) is 5.26 Å². The van der Waals surface area contributed by atoms with E-state index in [1.165, 1.54) is 0 Å². The maximum atomic E-state index is 13.1. The molecule has 2 N–H and O–H groups in total. The highest BCUT2D eigenvalue weighted by Gasteiger charge is 2.55. The first-order valence-corrected chi connectivity index (χ1v) is 6.18. The summed E-state index contributed by atoms with van der Waals surface area (Å²) in [4.78, 5) is 11.8. The molecule has 1 heterocycles. The van der Waals surface area contributed by atoms with Crippen LogP contribution in [0.1, 0.15) is 41.7 Å². The molecule has 0 unspecified atom stereocenters. The van der Waals surface area contributed by atoms with E-state index in [0.29, 0.717) is 12.8 Å². The van der Waals surface area contributed by atoms with Crippen LogP contribution >= 0.6 is 0 Å². The van der Waals surface area contributed by atoms with E-state index in [1.807, 2.05) is 0 Å². The van der Waals surface area contributed by atoms with Gasteiger partial charge in [-0.3, -0.25) is 9.89 Å². The second-order valence-electron chi connectivity index (χ2n) is 4.94. The lowest BCUT2D eigenvalue weighted by Gasteiger charge is -2.31. The number of rotatable bonds is 3. The number of hydrogen-bond donors (Lipinski definition) is 2. The SMILES string of the molecule is N#Cc1cn[nH]c1C(=O)NCC1(C(F)(F)F)CCCC1. The number of amides is 1. The number of H-pyrrole nitrogens is 1. The molecule has 0 saturated heterocycles. The number of nitrogens with zero attached hydrogens (tertiary/aromatic N) is 2. The van der Waals surface area contributed by atoms with Gasteiger partial charge in [-0.15, -0.1) is 0 Å². The molecule has 5 nitrogen and oxygen atoms in total. The third kappa shape index (κ3) is 2.48. The van der Waals surface area contributed by atoms with Gasteiger partial charge in [-0.25, -0.2) is 0 Å². The largest absolute Gasteiger partial charge is 0.396 e. The summed E-state index contributed by atoms with van der Waals surface area (Å²) >= 11 is 0. The number of hydrogen-bond acceptors (Lipinski definition) is 3. The molecule has 1 saturated carbocycles. The number of alkyl halides is 3. The smallest absolute Gasteiger partial charge is 0.350 e. The number of carbonyl (C=O) groups is 1. The first-order chi connectivity index (χ1) is 9.39. The van der Waals surface area contributed by atoms with E-state index in [1.54, 1.807) is 6.07 Å². The molecule has 0 radical (unpaired) electrons. The van der Waals surface area contributed by atoms with Crippen LogP contribution in [0.25, 0.3) is 0 Å². The highest BCUT2D eigenvalue weighted by Crippen LogP contribution is 2.49. The molecular weight excluding hydrogens is 273 g/mol. The Morgan fingerprint density at radius 3 is 2.70 bits per heavy atom. The van der Waals surface area contributed by atoms with Crippen molar-refractivity contribution in [3.05, 3.63) is 17.5 Å². The van der Waals surface area contributed by atoms with Crippen LogP contribution in [0, 0.1) is 16.7 Å². The molecular formula is C12H13F3N4O. The second-order valence-corrected chi connectivity index (χ2v) is 4.94. The van der Waals surface area contributed by atoms with Crippen LogP contribution in [0.15, 0.2) is 6.20 Å². The zero-order valence-corrected chi connectivity index (χ0v) is 10.5. The van der Waals surface area contributed by atoms with E-state index >= 15 is 0 Å². The lowest BCUT2D eigenvalue weighted by atomic mass is 9.85. The van der Waals surface area contributed by atoms with E-state index in [0.717, 1.165) is 6.20 Å². The minimum atomic E-state index is -4.34. The van der Waals surface area contributed by atoms with Crippen molar-refractivity contribution in [3.63, 3.8) is 0 Å². The molecule has 1 aromatic heterocycles. The van der Waals surface area contributed by atoms with Crippen LogP contribution in [-0.4, -0.2) is 28.8 Å². The van der Waals surface area contributed by atoms with Crippen molar-refractivity contribution in [2.75, 3.05) is 6.54 Å². The Kier molecular flexibility index (Phi) is 3.70. The number of nitriles is 1. The number of halogens is 3. The van der Waals surface area contributed by atoms with Gasteiger partial charge in [0.25, 0.3) is 5.91 Å². The van der Waals surface area contributed by atoms with Gasteiger partial charge in [0, 0.05) is 6.54 Å². The summed E-state index contributed by atoms with van der Waals surface area (Å²) in [5.41, 5.74) is -1.95. The third-order valence-electron chi connectivity index (χ3n) is 3.74. The zero-order valence-electron chi connectivity index (χ0n) is 10.5. The third-order valence-corrected chi connectivity index (χ3v) is 3.74. The van der Waals surface area contributed by atoms with Crippen molar-refractivity contribution >= 4 is 5.91 Å². The van der Waals surface area contributed by atoms with Crippen molar-refractivity contribution in [2.45, 2.75) is 31.9 Å². The molecule has 1 fully saturated rings. The van der Waals surface area contributed by atoms with Gasteiger partial charge in [0.15, 0.2) is 0 Å².